The maximum Gasteiger partial charge on any atom is 0.573 e. The van der Waals surface area contributed by atoms with Gasteiger partial charge in [0.2, 0.25) is 0 Å². The van der Waals surface area contributed by atoms with Crippen LogP contribution in [-0.2, 0) is 0 Å². The van der Waals surface area contributed by atoms with Crippen LogP contribution >= 0.6 is 0 Å². The summed E-state index contributed by atoms with van der Waals surface area (Å²) in [7, 11) is 0. The predicted octanol–water partition coefficient (Wildman–Crippen LogP) is 5.48. The van der Waals surface area contributed by atoms with Crippen LogP contribution in [-0.4, -0.2) is 22.3 Å². The van der Waals surface area contributed by atoms with Gasteiger partial charge in [-0.05, 0) is 80.8 Å². The molecular formula is C22H26F3N3O. The third kappa shape index (κ3) is 3.96. The number of nitrogens with zero attached hydrogens (tertiary/aromatic N) is 2. The van der Waals surface area contributed by atoms with E-state index in [0.29, 0.717) is 11.6 Å². The van der Waals surface area contributed by atoms with Gasteiger partial charge in [-0.15, -0.1) is 13.2 Å². The number of halogens is 3. The van der Waals surface area contributed by atoms with Gasteiger partial charge in [-0.3, -0.25) is 0 Å². The summed E-state index contributed by atoms with van der Waals surface area (Å²) < 4.78 is 42.2. The van der Waals surface area contributed by atoms with Crippen LogP contribution in [0.25, 0.3) is 5.57 Å². The van der Waals surface area contributed by atoms with Gasteiger partial charge in [-0.1, -0.05) is 6.08 Å². The average Bonchev–Trinajstić information content (AvgIpc) is 3.27. The number of ether oxygens (including phenoxy) is 1. The lowest BCUT2D eigenvalue weighted by atomic mass is 9.83. The molecule has 0 aromatic carbocycles. The van der Waals surface area contributed by atoms with E-state index < -0.39 is 12.1 Å². The van der Waals surface area contributed by atoms with E-state index in [-0.39, 0.29) is 5.82 Å². The van der Waals surface area contributed by atoms with E-state index in [9.17, 15) is 13.2 Å². The normalized spacial score (nSPS) is 29.1. The first-order valence-electron chi connectivity index (χ1n) is 10.6. The quantitative estimate of drug-likeness (QED) is 0.705. The minimum Gasteiger partial charge on any atom is -0.402 e. The van der Waals surface area contributed by atoms with Crippen LogP contribution < -0.4 is 10.5 Å². The molecule has 2 N–H and O–H groups in total. The minimum atomic E-state index is -4.79. The smallest absolute Gasteiger partial charge is 0.402 e. The highest BCUT2D eigenvalue weighted by Crippen LogP contribution is 2.52. The molecule has 29 heavy (non-hydrogen) atoms. The third-order valence-corrected chi connectivity index (χ3v) is 6.84. The lowest BCUT2D eigenvalue weighted by molar-refractivity contribution is -0.274. The molecule has 7 heteroatoms. The minimum absolute atomic E-state index is 0.249. The van der Waals surface area contributed by atoms with Gasteiger partial charge in [0.25, 0.3) is 0 Å². The number of nitrogens with two attached hydrogens (primary N) is 1. The van der Waals surface area contributed by atoms with E-state index in [0.717, 1.165) is 42.6 Å². The van der Waals surface area contributed by atoms with E-state index in [1.54, 1.807) is 6.20 Å². The van der Waals surface area contributed by atoms with Crippen molar-refractivity contribution in [1.82, 2.24) is 9.88 Å². The summed E-state index contributed by atoms with van der Waals surface area (Å²) in [5.74, 6) is 1.70. The van der Waals surface area contributed by atoms with Crippen molar-refractivity contribution < 1.29 is 17.9 Å². The van der Waals surface area contributed by atoms with E-state index in [1.165, 1.54) is 43.9 Å². The molecule has 1 aliphatic heterocycles. The Bertz CT molecular complexity index is 853. The van der Waals surface area contributed by atoms with Gasteiger partial charge in [0.1, 0.15) is 0 Å². The Hall–Kier alpha value is -2.18. The second-order valence-electron chi connectivity index (χ2n) is 9.00. The van der Waals surface area contributed by atoms with Crippen molar-refractivity contribution in [2.45, 2.75) is 63.8 Å². The molecule has 1 atom stereocenters. The van der Waals surface area contributed by atoms with Crippen LogP contribution in [0.4, 0.5) is 19.0 Å². The highest BCUT2D eigenvalue weighted by atomic mass is 19.4. The van der Waals surface area contributed by atoms with E-state index in [4.69, 9.17) is 5.73 Å². The zero-order chi connectivity index (χ0) is 20.2. The Morgan fingerprint density at radius 3 is 2.66 bits per heavy atom. The molecule has 0 saturated heterocycles. The molecule has 2 heterocycles. The number of allylic oxidation sites excluding steroid dienone is 3. The summed E-state index contributed by atoms with van der Waals surface area (Å²) in [4.78, 5) is 6.43. The number of fused-ring (bicyclic) bond motifs is 1. The molecule has 0 amide bonds. The van der Waals surface area contributed by atoms with Gasteiger partial charge in [-0.2, -0.15) is 0 Å². The largest absolute Gasteiger partial charge is 0.573 e. The van der Waals surface area contributed by atoms with Crippen LogP contribution in [0.3, 0.4) is 0 Å². The first-order valence-corrected chi connectivity index (χ1v) is 10.6. The Morgan fingerprint density at radius 1 is 1.21 bits per heavy atom. The topological polar surface area (TPSA) is 51.4 Å². The van der Waals surface area contributed by atoms with Crippen LogP contribution in [0, 0.1) is 17.8 Å². The highest BCUT2D eigenvalue weighted by molar-refractivity contribution is 5.68. The molecule has 4 saturated carbocycles. The summed E-state index contributed by atoms with van der Waals surface area (Å²) >= 11 is 0. The number of hydrogen-bond acceptors (Lipinski definition) is 4. The van der Waals surface area contributed by atoms with Crippen LogP contribution in [0.2, 0.25) is 0 Å². The van der Waals surface area contributed by atoms with Gasteiger partial charge in [0.05, 0.1) is 0 Å². The zero-order valence-electron chi connectivity index (χ0n) is 16.3. The lowest BCUT2D eigenvalue weighted by Gasteiger charge is -2.34. The van der Waals surface area contributed by atoms with Crippen LogP contribution in [0.15, 0.2) is 30.2 Å². The van der Waals surface area contributed by atoms with Crippen LogP contribution in [0.5, 0.6) is 5.75 Å². The standard InChI is InChI=1S/C22H26F3N3O/c23-22(24,25)29-20-10-17(11-27-21(20)26)15-2-1-3-18(8-13-4-5-13)28(12-15)19-9-14-6-16(19)7-14/h3,10-14,16,19H,1-2,4-9H2,(H2,26,27). The molecule has 1 aromatic rings. The van der Waals surface area contributed by atoms with Crippen molar-refractivity contribution in [3.8, 4) is 5.75 Å². The second kappa shape index (κ2) is 6.96. The van der Waals surface area contributed by atoms with Crippen molar-refractivity contribution in [3.63, 3.8) is 0 Å². The van der Waals surface area contributed by atoms with Gasteiger partial charge in [0.15, 0.2) is 11.6 Å². The Labute approximate surface area is 168 Å². The molecular weight excluding hydrogens is 379 g/mol. The number of aromatic nitrogens is 1. The average molecular weight is 405 g/mol. The van der Waals surface area contributed by atoms with Crippen LogP contribution in [0.1, 0.15) is 56.9 Å². The molecule has 4 fully saturated rings. The number of alkyl halides is 3. The maximum absolute atomic E-state index is 12.7. The van der Waals surface area contributed by atoms with Crippen molar-refractivity contribution in [2.75, 3.05) is 5.73 Å². The lowest BCUT2D eigenvalue weighted by Crippen LogP contribution is -2.32. The molecule has 1 aromatic heterocycles. The van der Waals surface area contributed by atoms with Crippen molar-refractivity contribution in [3.05, 3.63) is 35.8 Å². The summed E-state index contributed by atoms with van der Waals surface area (Å²) in [5, 5.41) is 0. The predicted molar refractivity (Wildman–Crippen MR) is 104 cm³/mol. The van der Waals surface area contributed by atoms with Crippen molar-refractivity contribution in [1.29, 1.82) is 0 Å². The van der Waals surface area contributed by atoms with Gasteiger partial charge < -0.3 is 15.4 Å². The first-order chi connectivity index (χ1) is 13.9. The summed E-state index contributed by atoms with van der Waals surface area (Å²) in [5.41, 5.74) is 8.66. The Morgan fingerprint density at radius 2 is 2.00 bits per heavy atom. The van der Waals surface area contributed by atoms with Crippen molar-refractivity contribution >= 4 is 11.4 Å². The molecule has 4 aliphatic carbocycles. The number of anilines is 1. The van der Waals surface area contributed by atoms with E-state index in [1.807, 2.05) is 0 Å². The molecule has 0 spiro atoms. The fourth-order valence-electron chi connectivity index (χ4n) is 5.15. The summed E-state index contributed by atoms with van der Waals surface area (Å²) in [6.07, 6.45) is 10.5. The van der Waals surface area contributed by atoms with E-state index in [2.05, 4.69) is 26.9 Å². The SMILES string of the molecule is Nc1ncc(C2=CN(C3CC4CC3C4)C(CC3CC3)=CCC2)cc1OC(F)(F)F. The molecule has 0 radical (unpaired) electrons. The second-order valence-corrected chi connectivity index (χ2v) is 9.00. The number of hydrogen-bond donors (Lipinski definition) is 1. The Kier molecular flexibility index (Phi) is 4.51. The zero-order valence-corrected chi connectivity index (χ0v) is 16.3. The monoisotopic (exact) mass is 405 g/mol. The fraction of sp³-hybridized carbons (Fsp3) is 0.591. The molecule has 2 bridgehead atoms. The molecule has 4 nitrogen and oxygen atoms in total. The number of nitrogen functional groups attached to an aromatic ring is 1. The molecule has 6 rings (SSSR count). The maximum atomic E-state index is 12.7. The fourth-order valence-corrected chi connectivity index (χ4v) is 5.15. The highest BCUT2D eigenvalue weighted by Gasteiger charge is 2.47. The summed E-state index contributed by atoms with van der Waals surface area (Å²) in [6.45, 7) is 0. The van der Waals surface area contributed by atoms with E-state index >= 15 is 0 Å². The van der Waals surface area contributed by atoms with Crippen molar-refractivity contribution in [2.24, 2.45) is 17.8 Å². The molecule has 156 valence electrons. The number of rotatable bonds is 5. The molecule has 5 aliphatic rings. The third-order valence-electron chi connectivity index (χ3n) is 6.84. The Balaban J connectivity index is 1.46. The van der Waals surface area contributed by atoms with Gasteiger partial charge >= 0.3 is 6.36 Å². The van der Waals surface area contributed by atoms with Gasteiger partial charge in [-0.25, -0.2) is 4.98 Å². The van der Waals surface area contributed by atoms with Gasteiger partial charge in [0, 0.05) is 29.7 Å². The summed E-state index contributed by atoms with van der Waals surface area (Å²) in [6, 6.07) is 1.89. The first kappa shape index (κ1) is 18.8. The number of pyridine rings is 1. The molecule has 1 unspecified atom stereocenters.